The lowest BCUT2D eigenvalue weighted by Gasteiger charge is -2.38. The lowest BCUT2D eigenvalue weighted by atomic mass is 9.84. The molecule has 1 saturated carbocycles. The van der Waals surface area contributed by atoms with Crippen LogP contribution in [0.3, 0.4) is 0 Å². The molecule has 0 unspecified atom stereocenters. The molecule has 2 aromatic carbocycles. The summed E-state index contributed by atoms with van der Waals surface area (Å²) in [6.45, 7) is 4.89. The summed E-state index contributed by atoms with van der Waals surface area (Å²) in [5.41, 5.74) is 7.86. The molecule has 2 aliphatic carbocycles. The van der Waals surface area contributed by atoms with Crippen molar-refractivity contribution < 1.29 is 19.4 Å². The van der Waals surface area contributed by atoms with Crippen molar-refractivity contribution in [3.8, 4) is 11.5 Å². The number of aliphatic carboxylic acids is 1. The van der Waals surface area contributed by atoms with Crippen LogP contribution in [-0.4, -0.2) is 42.7 Å². The SMILES string of the molecule is COc1cc(C2CCCCC2)ccc1COc1ccc2c(c1)CCC(CN1CC(C(=O)O)C1)=C2C. The molecule has 186 valence electrons. The molecule has 2 aromatic rings. The maximum Gasteiger partial charge on any atom is 0.309 e. The van der Waals surface area contributed by atoms with E-state index < -0.39 is 5.97 Å². The third-order valence-corrected chi connectivity index (χ3v) is 8.21. The third kappa shape index (κ3) is 5.25. The first-order chi connectivity index (χ1) is 17.0. The number of carbonyl (C=O) groups is 1. The van der Waals surface area contributed by atoms with Crippen LogP contribution in [-0.2, 0) is 17.8 Å². The zero-order valence-electron chi connectivity index (χ0n) is 21.0. The van der Waals surface area contributed by atoms with Gasteiger partial charge < -0.3 is 14.6 Å². The Balaban J connectivity index is 1.23. The second kappa shape index (κ2) is 10.4. The Hall–Kier alpha value is -2.79. The van der Waals surface area contributed by atoms with Crippen molar-refractivity contribution in [3.63, 3.8) is 0 Å². The van der Waals surface area contributed by atoms with E-state index in [9.17, 15) is 4.79 Å². The van der Waals surface area contributed by atoms with E-state index in [-0.39, 0.29) is 5.92 Å². The highest BCUT2D eigenvalue weighted by Gasteiger charge is 2.33. The molecule has 1 aliphatic heterocycles. The average Bonchev–Trinajstić information content (AvgIpc) is 2.86. The van der Waals surface area contributed by atoms with Crippen LogP contribution in [0.1, 0.15) is 73.6 Å². The van der Waals surface area contributed by atoms with Gasteiger partial charge in [-0.3, -0.25) is 9.69 Å². The molecule has 0 radical (unpaired) electrons. The second-order valence-electron chi connectivity index (χ2n) is 10.5. The number of rotatable bonds is 8. The number of allylic oxidation sites excluding steroid dienone is 1. The Labute approximate surface area is 208 Å². The molecular formula is C30H37NO4. The van der Waals surface area contributed by atoms with Crippen molar-refractivity contribution in [2.24, 2.45) is 5.92 Å². The van der Waals surface area contributed by atoms with Crippen LogP contribution in [0.5, 0.6) is 11.5 Å². The number of nitrogens with zero attached hydrogens (tertiary/aromatic N) is 1. The van der Waals surface area contributed by atoms with Gasteiger partial charge in [0.2, 0.25) is 0 Å². The zero-order chi connectivity index (χ0) is 24.4. The van der Waals surface area contributed by atoms with Gasteiger partial charge in [-0.05, 0) is 79.0 Å². The highest BCUT2D eigenvalue weighted by molar-refractivity contribution is 5.73. The first-order valence-electron chi connectivity index (χ1n) is 13.1. The average molecular weight is 476 g/mol. The van der Waals surface area contributed by atoms with E-state index in [1.54, 1.807) is 7.11 Å². The van der Waals surface area contributed by atoms with Crippen molar-refractivity contribution in [1.29, 1.82) is 0 Å². The molecule has 3 aliphatic rings. The summed E-state index contributed by atoms with van der Waals surface area (Å²) in [6, 6.07) is 13.1. The fourth-order valence-corrected chi connectivity index (χ4v) is 5.95. The third-order valence-electron chi connectivity index (χ3n) is 8.21. The molecule has 2 fully saturated rings. The molecule has 0 aromatic heterocycles. The van der Waals surface area contributed by atoms with Crippen LogP contribution in [0.15, 0.2) is 42.0 Å². The zero-order valence-corrected chi connectivity index (χ0v) is 21.0. The van der Waals surface area contributed by atoms with E-state index in [0.29, 0.717) is 25.6 Å². The molecule has 0 amide bonds. The fourth-order valence-electron chi connectivity index (χ4n) is 5.95. The number of hydrogen-bond acceptors (Lipinski definition) is 4. The number of carboxylic acids is 1. The highest BCUT2D eigenvalue weighted by atomic mass is 16.5. The van der Waals surface area contributed by atoms with Crippen LogP contribution >= 0.6 is 0 Å². The molecule has 0 spiro atoms. The van der Waals surface area contributed by atoms with Gasteiger partial charge in [-0.25, -0.2) is 0 Å². The number of methoxy groups -OCH3 is 1. The molecule has 5 heteroatoms. The minimum Gasteiger partial charge on any atom is -0.496 e. The van der Waals surface area contributed by atoms with Gasteiger partial charge in [-0.2, -0.15) is 0 Å². The number of hydrogen-bond donors (Lipinski definition) is 1. The summed E-state index contributed by atoms with van der Waals surface area (Å²) in [5.74, 6) is 1.60. The van der Waals surface area contributed by atoms with Crippen LogP contribution in [0.4, 0.5) is 0 Å². The van der Waals surface area contributed by atoms with Gasteiger partial charge in [0.05, 0.1) is 13.0 Å². The summed E-state index contributed by atoms with van der Waals surface area (Å²) < 4.78 is 11.9. The van der Waals surface area contributed by atoms with Crippen LogP contribution < -0.4 is 9.47 Å². The maximum absolute atomic E-state index is 11.1. The molecule has 1 heterocycles. The molecule has 5 rings (SSSR count). The topological polar surface area (TPSA) is 59.0 Å². The van der Waals surface area contributed by atoms with Gasteiger partial charge in [-0.15, -0.1) is 0 Å². The number of likely N-dealkylation sites (tertiary alicyclic amines) is 1. The lowest BCUT2D eigenvalue weighted by molar-refractivity contribution is -0.147. The van der Waals surface area contributed by atoms with Gasteiger partial charge >= 0.3 is 5.97 Å². The summed E-state index contributed by atoms with van der Waals surface area (Å²) in [5, 5.41) is 9.12. The summed E-state index contributed by atoms with van der Waals surface area (Å²) in [4.78, 5) is 13.3. The lowest BCUT2D eigenvalue weighted by Crippen LogP contribution is -2.50. The standard InChI is InChI=1S/C30H37NO4/c1-20-24(16-31-17-26(18-31)30(32)33)10-9-23-14-27(12-13-28(20)23)35-19-25-11-8-22(15-29(25)34-2)21-6-4-3-5-7-21/h8,11-15,21,26H,3-7,9-10,16-19H2,1-2H3,(H,32,33). The first kappa shape index (κ1) is 23.9. The van der Waals surface area contributed by atoms with Crippen LogP contribution in [0, 0.1) is 5.92 Å². The minimum atomic E-state index is -0.675. The molecular weight excluding hydrogens is 438 g/mol. The Kier molecular flexibility index (Phi) is 7.14. The van der Waals surface area contributed by atoms with Crippen molar-refractivity contribution in [3.05, 3.63) is 64.2 Å². The van der Waals surface area contributed by atoms with E-state index in [4.69, 9.17) is 14.6 Å². The summed E-state index contributed by atoms with van der Waals surface area (Å²) in [7, 11) is 1.75. The smallest absolute Gasteiger partial charge is 0.309 e. The fraction of sp³-hybridized carbons (Fsp3) is 0.500. The normalized spacial score (nSPS) is 19.3. The van der Waals surface area contributed by atoms with Crippen molar-refractivity contribution in [2.75, 3.05) is 26.7 Å². The monoisotopic (exact) mass is 475 g/mol. The van der Waals surface area contributed by atoms with Crippen LogP contribution in [0.25, 0.3) is 5.57 Å². The predicted molar refractivity (Wildman–Crippen MR) is 138 cm³/mol. The number of aryl methyl sites for hydroxylation is 1. The molecule has 1 saturated heterocycles. The minimum absolute atomic E-state index is 0.200. The second-order valence-corrected chi connectivity index (χ2v) is 10.5. The quantitative estimate of drug-likeness (QED) is 0.503. The maximum atomic E-state index is 11.1. The van der Waals surface area contributed by atoms with Crippen molar-refractivity contribution in [1.82, 2.24) is 4.90 Å². The van der Waals surface area contributed by atoms with Gasteiger partial charge in [0, 0.05) is 25.2 Å². The predicted octanol–water partition coefficient (Wildman–Crippen LogP) is 6.06. The molecule has 0 atom stereocenters. The van der Waals surface area contributed by atoms with Crippen LogP contribution in [0.2, 0.25) is 0 Å². The molecule has 0 bridgehead atoms. The van der Waals surface area contributed by atoms with Gasteiger partial charge in [0.15, 0.2) is 0 Å². The van der Waals surface area contributed by atoms with E-state index in [1.165, 1.54) is 59.9 Å². The number of benzene rings is 2. The number of ether oxygens (including phenoxy) is 2. The van der Waals surface area contributed by atoms with Gasteiger partial charge in [0.1, 0.15) is 18.1 Å². The highest BCUT2D eigenvalue weighted by Crippen LogP contribution is 2.37. The summed E-state index contributed by atoms with van der Waals surface area (Å²) >= 11 is 0. The molecule has 1 N–H and O–H groups in total. The van der Waals surface area contributed by atoms with E-state index in [1.807, 2.05) is 0 Å². The Morgan fingerprint density at radius 2 is 1.86 bits per heavy atom. The van der Waals surface area contributed by atoms with Crippen molar-refractivity contribution >= 4 is 11.5 Å². The van der Waals surface area contributed by atoms with Gasteiger partial charge in [0.25, 0.3) is 0 Å². The Bertz CT molecular complexity index is 1110. The largest absolute Gasteiger partial charge is 0.496 e. The molecule has 5 nitrogen and oxygen atoms in total. The summed E-state index contributed by atoms with van der Waals surface area (Å²) in [6.07, 6.45) is 8.60. The Morgan fingerprint density at radius 3 is 2.60 bits per heavy atom. The van der Waals surface area contributed by atoms with E-state index in [0.717, 1.165) is 36.4 Å². The first-order valence-corrected chi connectivity index (χ1v) is 13.1. The number of fused-ring (bicyclic) bond motifs is 1. The van der Waals surface area contributed by atoms with E-state index in [2.05, 4.69) is 48.2 Å². The van der Waals surface area contributed by atoms with Crippen molar-refractivity contribution in [2.45, 2.75) is 64.4 Å². The molecule has 35 heavy (non-hydrogen) atoms. The van der Waals surface area contributed by atoms with Gasteiger partial charge in [-0.1, -0.05) is 43.0 Å². The Morgan fingerprint density at radius 1 is 1.06 bits per heavy atom. The van der Waals surface area contributed by atoms with E-state index >= 15 is 0 Å². The number of carboxylic acid groups (broad SMARTS) is 1.